The molecule has 2 heteroatoms. The van der Waals surface area contributed by atoms with Crippen LogP contribution in [0.5, 0.6) is 0 Å². The zero-order valence-corrected chi connectivity index (χ0v) is 7.67. The van der Waals surface area contributed by atoms with Crippen LogP contribution in [-0.2, 0) is 12.8 Å². The van der Waals surface area contributed by atoms with Crippen LogP contribution < -0.4 is 0 Å². The summed E-state index contributed by atoms with van der Waals surface area (Å²) >= 11 is 0. The third-order valence-electron chi connectivity index (χ3n) is 2.68. The van der Waals surface area contributed by atoms with Gasteiger partial charge in [0.25, 0.3) is 0 Å². The second-order valence-electron chi connectivity index (χ2n) is 3.80. The predicted molar refractivity (Wildman–Crippen MR) is 48.0 cm³/mol. The summed E-state index contributed by atoms with van der Waals surface area (Å²) in [5.41, 5.74) is 3.99. The Labute approximate surface area is 73.0 Å². The predicted octanol–water partition coefficient (Wildman–Crippen LogP) is 1.91. The summed E-state index contributed by atoms with van der Waals surface area (Å²) in [7, 11) is 0. The third kappa shape index (κ3) is 1.22. The molecule has 64 valence electrons. The van der Waals surface area contributed by atoms with Crippen molar-refractivity contribution >= 4 is 0 Å². The highest BCUT2D eigenvalue weighted by atomic mass is 15.1. The number of rotatable bonds is 0. The maximum Gasteiger partial charge on any atom is 0.0668 e. The van der Waals surface area contributed by atoms with Crippen molar-refractivity contribution in [2.75, 3.05) is 0 Å². The van der Waals surface area contributed by atoms with Gasteiger partial charge in [0.1, 0.15) is 0 Å². The Hall–Kier alpha value is -0.920. The summed E-state index contributed by atoms with van der Waals surface area (Å²) in [5.74, 6) is 0.786. The average molecular weight is 162 g/mol. The van der Waals surface area contributed by atoms with E-state index in [1.54, 1.807) is 0 Å². The fraction of sp³-hybridized carbons (Fsp3) is 0.600. The molecule has 2 nitrogen and oxygen atoms in total. The largest absolute Gasteiger partial charge is 0.159 e. The van der Waals surface area contributed by atoms with E-state index < -0.39 is 0 Å². The second kappa shape index (κ2) is 2.85. The number of hydrogen-bond donors (Lipinski definition) is 0. The molecule has 12 heavy (non-hydrogen) atoms. The van der Waals surface area contributed by atoms with Crippen molar-refractivity contribution in [2.24, 2.45) is 5.92 Å². The molecule has 1 atom stereocenters. The third-order valence-corrected chi connectivity index (χ3v) is 2.68. The van der Waals surface area contributed by atoms with Crippen LogP contribution >= 0.6 is 0 Å². The molecule has 2 rings (SSSR count). The van der Waals surface area contributed by atoms with Gasteiger partial charge in [-0.2, -0.15) is 10.2 Å². The molecular formula is C10H14N2. The Balaban J connectivity index is 2.42. The molecule has 1 aliphatic rings. The minimum Gasteiger partial charge on any atom is -0.159 e. The normalized spacial score (nSPS) is 22.0. The molecule has 0 aliphatic heterocycles. The van der Waals surface area contributed by atoms with Crippen LogP contribution in [-0.4, -0.2) is 10.2 Å². The van der Waals surface area contributed by atoms with Crippen LogP contribution in [0.2, 0.25) is 0 Å². The molecule has 0 fully saturated rings. The number of nitrogens with zero attached hydrogens (tertiary/aromatic N) is 2. The van der Waals surface area contributed by atoms with E-state index in [1.807, 2.05) is 6.20 Å². The fourth-order valence-corrected chi connectivity index (χ4v) is 1.88. The SMILES string of the molecule is Cc1cnnc2c1CC[C@@H](C)C2. The van der Waals surface area contributed by atoms with Crippen LogP contribution in [0, 0.1) is 12.8 Å². The lowest BCUT2D eigenvalue weighted by atomic mass is 9.87. The summed E-state index contributed by atoms with van der Waals surface area (Å²) in [6.45, 7) is 4.41. The van der Waals surface area contributed by atoms with Crippen molar-refractivity contribution in [1.82, 2.24) is 10.2 Å². The van der Waals surface area contributed by atoms with E-state index >= 15 is 0 Å². The zero-order valence-electron chi connectivity index (χ0n) is 7.67. The van der Waals surface area contributed by atoms with E-state index in [0.29, 0.717) is 0 Å². The van der Waals surface area contributed by atoms with Crippen LogP contribution in [0.4, 0.5) is 0 Å². The lowest BCUT2D eigenvalue weighted by molar-refractivity contribution is 0.486. The van der Waals surface area contributed by atoms with Gasteiger partial charge < -0.3 is 0 Å². The summed E-state index contributed by atoms with van der Waals surface area (Å²) in [6, 6.07) is 0. The zero-order chi connectivity index (χ0) is 8.55. The van der Waals surface area contributed by atoms with Gasteiger partial charge in [0.15, 0.2) is 0 Å². The molecule has 0 amide bonds. The number of aryl methyl sites for hydroxylation is 1. The summed E-state index contributed by atoms with van der Waals surface area (Å²) in [4.78, 5) is 0. The van der Waals surface area contributed by atoms with Crippen LogP contribution in [0.25, 0.3) is 0 Å². The van der Waals surface area contributed by atoms with Crippen molar-refractivity contribution in [3.63, 3.8) is 0 Å². The summed E-state index contributed by atoms with van der Waals surface area (Å²) in [5, 5.41) is 8.16. The summed E-state index contributed by atoms with van der Waals surface area (Å²) in [6.07, 6.45) is 5.48. The molecule has 1 aromatic heterocycles. The van der Waals surface area contributed by atoms with Gasteiger partial charge in [-0.3, -0.25) is 0 Å². The van der Waals surface area contributed by atoms with E-state index in [2.05, 4.69) is 24.0 Å². The highest BCUT2D eigenvalue weighted by molar-refractivity contribution is 5.28. The van der Waals surface area contributed by atoms with Gasteiger partial charge in [0, 0.05) is 0 Å². The smallest absolute Gasteiger partial charge is 0.0668 e. The van der Waals surface area contributed by atoms with Gasteiger partial charge in [-0.1, -0.05) is 6.92 Å². The van der Waals surface area contributed by atoms with Crippen molar-refractivity contribution in [1.29, 1.82) is 0 Å². The first-order chi connectivity index (χ1) is 5.77. The standard InChI is InChI=1S/C10H14N2/c1-7-3-4-9-8(2)6-11-12-10(9)5-7/h6-7H,3-5H2,1-2H3/t7-/m1/s1. The molecule has 0 unspecified atom stereocenters. The second-order valence-corrected chi connectivity index (χ2v) is 3.80. The molecule has 0 saturated carbocycles. The van der Waals surface area contributed by atoms with Crippen LogP contribution in [0.1, 0.15) is 30.2 Å². The van der Waals surface area contributed by atoms with Crippen molar-refractivity contribution in [2.45, 2.75) is 33.1 Å². The topological polar surface area (TPSA) is 25.8 Å². The van der Waals surface area contributed by atoms with Gasteiger partial charge in [-0.25, -0.2) is 0 Å². The van der Waals surface area contributed by atoms with Crippen molar-refractivity contribution in [3.8, 4) is 0 Å². The minimum atomic E-state index is 0.786. The average Bonchev–Trinajstić information content (AvgIpc) is 2.04. The Morgan fingerprint density at radius 1 is 1.50 bits per heavy atom. The monoisotopic (exact) mass is 162 g/mol. The first-order valence-corrected chi connectivity index (χ1v) is 4.57. The molecule has 0 saturated heterocycles. The van der Waals surface area contributed by atoms with Gasteiger partial charge in [-0.15, -0.1) is 0 Å². The summed E-state index contributed by atoms with van der Waals surface area (Å²) < 4.78 is 0. The Kier molecular flexibility index (Phi) is 1.83. The first-order valence-electron chi connectivity index (χ1n) is 4.57. The van der Waals surface area contributed by atoms with E-state index in [1.165, 1.54) is 29.7 Å². The molecule has 0 radical (unpaired) electrons. The minimum absolute atomic E-state index is 0.786. The van der Waals surface area contributed by atoms with Crippen LogP contribution in [0.3, 0.4) is 0 Å². The van der Waals surface area contributed by atoms with Gasteiger partial charge in [0.05, 0.1) is 11.9 Å². The van der Waals surface area contributed by atoms with E-state index in [4.69, 9.17) is 0 Å². The van der Waals surface area contributed by atoms with Crippen LogP contribution in [0.15, 0.2) is 6.20 Å². The van der Waals surface area contributed by atoms with Gasteiger partial charge >= 0.3 is 0 Å². The quantitative estimate of drug-likeness (QED) is 0.582. The number of aromatic nitrogens is 2. The van der Waals surface area contributed by atoms with Crippen molar-refractivity contribution < 1.29 is 0 Å². The molecule has 0 N–H and O–H groups in total. The molecule has 1 aliphatic carbocycles. The highest BCUT2D eigenvalue weighted by Crippen LogP contribution is 2.24. The van der Waals surface area contributed by atoms with E-state index in [9.17, 15) is 0 Å². The first kappa shape index (κ1) is 7.71. The lowest BCUT2D eigenvalue weighted by Gasteiger charge is -2.20. The number of fused-ring (bicyclic) bond motifs is 1. The Bertz CT molecular complexity index is 294. The molecule has 0 aromatic carbocycles. The lowest BCUT2D eigenvalue weighted by Crippen LogP contribution is -2.14. The highest BCUT2D eigenvalue weighted by Gasteiger charge is 2.17. The molecule has 0 spiro atoms. The Morgan fingerprint density at radius 2 is 2.33 bits per heavy atom. The molecule has 1 aromatic rings. The van der Waals surface area contributed by atoms with Gasteiger partial charge in [0.2, 0.25) is 0 Å². The molecular weight excluding hydrogens is 148 g/mol. The molecule has 1 heterocycles. The molecule has 0 bridgehead atoms. The van der Waals surface area contributed by atoms with Crippen molar-refractivity contribution in [3.05, 3.63) is 23.0 Å². The Morgan fingerprint density at radius 3 is 3.17 bits per heavy atom. The van der Waals surface area contributed by atoms with E-state index in [0.717, 1.165) is 12.3 Å². The fourth-order valence-electron chi connectivity index (χ4n) is 1.88. The van der Waals surface area contributed by atoms with Gasteiger partial charge in [-0.05, 0) is 43.2 Å². The maximum atomic E-state index is 4.18. The van der Waals surface area contributed by atoms with E-state index in [-0.39, 0.29) is 0 Å². The number of hydrogen-bond acceptors (Lipinski definition) is 2. The maximum absolute atomic E-state index is 4.18.